The lowest BCUT2D eigenvalue weighted by Crippen LogP contribution is -2.23. The first-order valence-electron chi connectivity index (χ1n) is 11.1. The van der Waals surface area contributed by atoms with Crippen molar-refractivity contribution in [2.75, 3.05) is 0 Å². The molecule has 176 valence electrons. The Hall–Kier alpha value is -4.21. The lowest BCUT2D eigenvalue weighted by Gasteiger charge is -2.02. The summed E-state index contributed by atoms with van der Waals surface area (Å²) in [5.41, 5.74) is 3.07. The zero-order chi connectivity index (χ0) is 24.6. The van der Waals surface area contributed by atoms with E-state index in [0.29, 0.717) is 37.7 Å². The number of aryl methyl sites for hydroxylation is 1. The van der Waals surface area contributed by atoms with Crippen molar-refractivity contribution in [2.24, 2.45) is 0 Å². The number of hydrogen-bond acceptors (Lipinski definition) is 6. The third kappa shape index (κ3) is 4.19. The van der Waals surface area contributed by atoms with Gasteiger partial charge in [0.1, 0.15) is 11.5 Å². The highest BCUT2D eigenvalue weighted by Crippen LogP contribution is 2.26. The summed E-state index contributed by atoms with van der Waals surface area (Å²) in [5, 5.41) is 11.1. The van der Waals surface area contributed by atoms with E-state index in [1.165, 1.54) is 21.9 Å². The lowest BCUT2D eigenvalue weighted by molar-refractivity contribution is 0.619. The lowest BCUT2D eigenvalue weighted by atomic mass is 10.1. The van der Waals surface area contributed by atoms with Crippen LogP contribution in [0.1, 0.15) is 21.8 Å². The van der Waals surface area contributed by atoms with Crippen molar-refractivity contribution in [3.05, 3.63) is 115 Å². The van der Waals surface area contributed by atoms with Gasteiger partial charge in [-0.15, -0.1) is 16.4 Å². The van der Waals surface area contributed by atoms with Gasteiger partial charge in [0.15, 0.2) is 5.82 Å². The quantitative estimate of drug-likeness (QED) is 0.318. The highest BCUT2D eigenvalue weighted by Gasteiger charge is 2.15. The molecule has 0 aliphatic heterocycles. The van der Waals surface area contributed by atoms with Crippen LogP contribution >= 0.6 is 22.7 Å². The molecule has 0 N–H and O–H groups in total. The molecule has 0 bridgehead atoms. The van der Waals surface area contributed by atoms with Gasteiger partial charge >= 0.3 is 0 Å². The van der Waals surface area contributed by atoms with Crippen LogP contribution in [0.15, 0.2) is 77.0 Å². The largest absolute Gasteiger partial charge is 0.291 e. The molecular formula is C27H18FN5OS2. The van der Waals surface area contributed by atoms with Crippen molar-refractivity contribution >= 4 is 45.9 Å². The highest BCUT2D eigenvalue weighted by atomic mass is 32.1. The Labute approximate surface area is 212 Å². The average molecular weight is 512 g/mol. The second-order valence-corrected chi connectivity index (χ2v) is 10.1. The van der Waals surface area contributed by atoms with Crippen molar-refractivity contribution in [3.8, 4) is 16.9 Å². The van der Waals surface area contributed by atoms with Crippen molar-refractivity contribution in [1.82, 2.24) is 24.4 Å². The van der Waals surface area contributed by atoms with E-state index in [2.05, 4.69) is 10.1 Å². The average Bonchev–Trinajstić information content (AvgIpc) is 3.67. The third-order valence-corrected chi connectivity index (χ3v) is 7.43. The van der Waals surface area contributed by atoms with Gasteiger partial charge in [-0.3, -0.25) is 4.79 Å². The molecule has 6 rings (SSSR count). The van der Waals surface area contributed by atoms with Gasteiger partial charge < -0.3 is 0 Å². The number of fused-ring (bicyclic) bond motifs is 1. The van der Waals surface area contributed by atoms with Crippen molar-refractivity contribution in [3.63, 3.8) is 0 Å². The predicted molar refractivity (Wildman–Crippen MR) is 143 cm³/mol. The van der Waals surface area contributed by atoms with Gasteiger partial charge in [-0.05, 0) is 60.4 Å². The molecule has 36 heavy (non-hydrogen) atoms. The SMILES string of the molecule is Cc1ccc(-c2nn(-c3ccccc3)cc2/C=c2\sc3nc(/C=C/c4cccs4)nn3c2=O)cc1F. The molecule has 0 saturated carbocycles. The smallest absolute Gasteiger partial charge is 0.266 e. The Morgan fingerprint density at radius 3 is 2.61 bits per heavy atom. The van der Waals surface area contributed by atoms with Crippen LogP contribution in [0.5, 0.6) is 0 Å². The van der Waals surface area contributed by atoms with Gasteiger partial charge in [0.2, 0.25) is 4.96 Å². The minimum absolute atomic E-state index is 0.258. The van der Waals surface area contributed by atoms with Crippen LogP contribution < -0.4 is 10.1 Å². The number of thiophene rings is 1. The summed E-state index contributed by atoms with van der Waals surface area (Å²) in [6.07, 6.45) is 7.33. The van der Waals surface area contributed by atoms with E-state index in [1.54, 1.807) is 41.2 Å². The maximum absolute atomic E-state index is 14.4. The van der Waals surface area contributed by atoms with Crippen LogP contribution in [0, 0.1) is 12.7 Å². The molecule has 0 spiro atoms. The van der Waals surface area contributed by atoms with Crippen LogP contribution in [-0.2, 0) is 0 Å². The first kappa shape index (κ1) is 22.3. The van der Waals surface area contributed by atoms with E-state index < -0.39 is 0 Å². The van der Waals surface area contributed by atoms with E-state index >= 15 is 0 Å². The molecule has 0 aliphatic rings. The summed E-state index contributed by atoms with van der Waals surface area (Å²) in [6, 6.07) is 18.6. The highest BCUT2D eigenvalue weighted by molar-refractivity contribution is 7.15. The van der Waals surface area contributed by atoms with E-state index in [4.69, 9.17) is 5.10 Å². The number of aromatic nitrogens is 5. The fourth-order valence-corrected chi connectivity index (χ4v) is 5.30. The van der Waals surface area contributed by atoms with E-state index in [0.717, 1.165) is 10.6 Å². The first-order valence-corrected chi connectivity index (χ1v) is 12.8. The van der Waals surface area contributed by atoms with Gasteiger partial charge in [-0.2, -0.15) is 14.6 Å². The van der Waals surface area contributed by atoms with Crippen LogP contribution in [-0.4, -0.2) is 24.4 Å². The molecule has 6 aromatic rings. The standard InChI is InChI=1S/C27H18FN5OS2/c1-17-9-10-18(14-22(17)28)25-19(16-32(31-25)20-6-3-2-4-7-20)15-23-26(34)33-27(36-23)29-24(30-33)12-11-21-8-5-13-35-21/h2-16H,1H3/b12-11+,23-15-. The fraction of sp³-hybridized carbons (Fsp3) is 0.0370. The molecule has 2 aromatic carbocycles. The summed E-state index contributed by atoms with van der Waals surface area (Å²) < 4.78 is 17.9. The summed E-state index contributed by atoms with van der Waals surface area (Å²) >= 11 is 2.87. The number of thiazole rings is 1. The Bertz CT molecular complexity index is 1830. The Kier molecular flexibility index (Phi) is 5.63. The minimum Gasteiger partial charge on any atom is -0.266 e. The van der Waals surface area contributed by atoms with Gasteiger partial charge in [-0.25, -0.2) is 9.07 Å². The van der Waals surface area contributed by atoms with Gasteiger partial charge in [-0.1, -0.05) is 47.7 Å². The third-order valence-electron chi connectivity index (χ3n) is 5.63. The van der Waals surface area contributed by atoms with Gasteiger partial charge in [0, 0.05) is 22.2 Å². The van der Waals surface area contributed by atoms with Crippen LogP contribution in [0.4, 0.5) is 4.39 Å². The molecule has 0 saturated heterocycles. The summed E-state index contributed by atoms with van der Waals surface area (Å²) in [5.74, 6) is 0.171. The van der Waals surface area contributed by atoms with E-state index in [1.807, 2.05) is 66.2 Å². The second kappa shape index (κ2) is 9.10. The predicted octanol–water partition coefficient (Wildman–Crippen LogP) is 5.23. The maximum Gasteiger partial charge on any atom is 0.291 e. The molecule has 0 unspecified atom stereocenters. The number of nitrogens with zero attached hydrogens (tertiary/aromatic N) is 5. The second-order valence-electron chi connectivity index (χ2n) is 8.11. The molecule has 6 nitrogen and oxygen atoms in total. The van der Waals surface area contributed by atoms with Gasteiger partial charge in [0.05, 0.1) is 10.2 Å². The Morgan fingerprint density at radius 2 is 1.86 bits per heavy atom. The normalized spacial score (nSPS) is 12.3. The van der Waals surface area contributed by atoms with Crippen molar-refractivity contribution < 1.29 is 4.39 Å². The number of rotatable bonds is 5. The first-order chi connectivity index (χ1) is 17.5. The minimum atomic E-state index is -0.306. The van der Waals surface area contributed by atoms with Gasteiger partial charge in [0.25, 0.3) is 5.56 Å². The molecule has 4 aromatic heterocycles. The molecule has 0 atom stereocenters. The van der Waals surface area contributed by atoms with E-state index in [9.17, 15) is 9.18 Å². The number of halogens is 1. The maximum atomic E-state index is 14.4. The zero-order valence-electron chi connectivity index (χ0n) is 19.0. The molecule has 9 heteroatoms. The fourth-order valence-electron chi connectivity index (χ4n) is 3.77. The molecule has 0 fully saturated rings. The molecule has 0 aliphatic carbocycles. The zero-order valence-corrected chi connectivity index (χ0v) is 20.6. The Balaban J connectivity index is 1.45. The monoisotopic (exact) mass is 511 g/mol. The summed E-state index contributed by atoms with van der Waals surface area (Å²) in [4.78, 5) is 19.2. The molecular weight excluding hydrogens is 493 g/mol. The van der Waals surface area contributed by atoms with Crippen LogP contribution in [0.3, 0.4) is 0 Å². The number of para-hydroxylation sites is 1. The molecule has 4 heterocycles. The van der Waals surface area contributed by atoms with E-state index in [-0.39, 0.29) is 11.4 Å². The van der Waals surface area contributed by atoms with Crippen molar-refractivity contribution in [2.45, 2.75) is 6.92 Å². The van der Waals surface area contributed by atoms with Crippen molar-refractivity contribution in [1.29, 1.82) is 0 Å². The van der Waals surface area contributed by atoms with Crippen LogP contribution in [0.25, 0.3) is 40.1 Å². The topological polar surface area (TPSA) is 65.1 Å². The Morgan fingerprint density at radius 1 is 1.00 bits per heavy atom. The summed E-state index contributed by atoms with van der Waals surface area (Å²) in [6.45, 7) is 1.72. The summed E-state index contributed by atoms with van der Waals surface area (Å²) in [7, 11) is 0. The molecule has 0 amide bonds. The molecule has 0 radical (unpaired) electrons. The number of hydrogen-bond donors (Lipinski definition) is 0. The van der Waals surface area contributed by atoms with Crippen LogP contribution in [0.2, 0.25) is 0 Å². The number of benzene rings is 2.